The number of hydrogen-bond acceptors (Lipinski definition) is 4. The molecule has 0 aliphatic carbocycles. The SMILES string of the molecule is C=C(C)C(=O)OC.C=C(C)C(=O)OC. The maximum atomic E-state index is 10.2. The Kier molecular flexibility index (Phi) is 8.57. The van der Waals surface area contributed by atoms with Gasteiger partial charge in [-0.2, -0.15) is 0 Å². The minimum Gasteiger partial charge on any atom is -0.466 e. The molecule has 4 nitrogen and oxygen atoms in total. The van der Waals surface area contributed by atoms with Gasteiger partial charge in [0, 0.05) is 11.1 Å². The molecule has 0 saturated heterocycles. The van der Waals surface area contributed by atoms with Gasteiger partial charge >= 0.3 is 11.9 Å². The maximum Gasteiger partial charge on any atom is 0.332 e. The number of esters is 2. The van der Waals surface area contributed by atoms with Gasteiger partial charge < -0.3 is 9.47 Å². The van der Waals surface area contributed by atoms with Gasteiger partial charge in [0.25, 0.3) is 0 Å². The topological polar surface area (TPSA) is 52.6 Å². The molecular formula is C10H16O4. The van der Waals surface area contributed by atoms with Crippen molar-refractivity contribution in [3.8, 4) is 0 Å². The van der Waals surface area contributed by atoms with E-state index >= 15 is 0 Å². The van der Waals surface area contributed by atoms with E-state index in [2.05, 4.69) is 22.6 Å². The molecule has 0 fully saturated rings. The van der Waals surface area contributed by atoms with Crippen molar-refractivity contribution >= 4 is 11.9 Å². The highest BCUT2D eigenvalue weighted by Gasteiger charge is 1.96. The molecule has 0 aromatic carbocycles. The van der Waals surface area contributed by atoms with Crippen molar-refractivity contribution in [1.82, 2.24) is 0 Å². The lowest BCUT2D eigenvalue weighted by Crippen LogP contribution is -1.98. The van der Waals surface area contributed by atoms with Gasteiger partial charge in [0.2, 0.25) is 0 Å². The third kappa shape index (κ3) is 8.52. The van der Waals surface area contributed by atoms with Crippen LogP contribution in [-0.2, 0) is 19.1 Å². The van der Waals surface area contributed by atoms with Crippen LogP contribution in [0.5, 0.6) is 0 Å². The zero-order valence-corrected chi connectivity index (χ0v) is 9.05. The Labute approximate surface area is 84.2 Å². The Bertz CT molecular complexity index is 215. The Hall–Kier alpha value is -1.58. The van der Waals surface area contributed by atoms with Crippen LogP contribution in [0, 0.1) is 0 Å². The summed E-state index contributed by atoms with van der Waals surface area (Å²) in [5, 5.41) is 0. The molecule has 0 rings (SSSR count). The lowest BCUT2D eigenvalue weighted by molar-refractivity contribution is -0.136. The number of methoxy groups -OCH3 is 2. The van der Waals surface area contributed by atoms with E-state index in [1.165, 1.54) is 14.2 Å². The normalized spacial score (nSPS) is 7.71. The molecular weight excluding hydrogens is 184 g/mol. The molecule has 14 heavy (non-hydrogen) atoms. The molecule has 80 valence electrons. The van der Waals surface area contributed by atoms with Gasteiger partial charge in [0.05, 0.1) is 14.2 Å². The zero-order chi connectivity index (χ0) is 11.7. The lowest BCUT2D eigenvalue weighted by atomic mass is 10.4. The standard InChI is InChI=1S/2C5H8O2/c2*1-4(2)5(6)7-3/h2*1H2,2-3H3. The lowest BCUT2D eigenvalue weighted by Gasteiger charge is -1.91. The highest BCUT2D eigenvalue weighted by atomic mass is 16.5. The van der Waals surface area contributed by atoms with Crippen molar-refractivity contribution in [3.63, 3.8) is 0 Å². The van der Waals surface area contributed by atoms with Gasteiger partial charge in [-0.25, -0.2) is 9.59 Å². The van der Waals surface area contributed by atoms with Gasteiger partial charge in [0.15, 0.2) is 0 Å². The molecule has 4 heteroatoms. The summed E-state index contributed by atoms with van der Waals surface area (Å²) in [7, 11) is 2.66. The molecule has 0 aromatic rings. The van der Waals surface area contributed by atoms with Gasteiger partial charge in [0.1, 0.15) is 0 Å². The molecule has 0 aliphatic heterocycles. The van der Waals surface area contributed by atoms with Crippen LogP contribution in [0.25, 0.3) is 0 Å². The molecule has 0 saturated carbocycles. The monoisotopic (exact) mass is 200 g/mol. The molecule has 0 amide bonds. The average Bonchev–Trinajstić information content (AvgIpc) is 2.15. The number of rotatable bonds is 2. The molecule has 0 heterocycles. The number of ether oxygens (including phenoxy) is 2. The Balaban J connectivity index is 0. The molecule has 0 radical (unpaired) electrons. The van der Waals surface area contributed by atoms with Crippen molar-refractivity contribution < 1.29 is 19.1 Å². The quantitative estimate of drug-likeness (QED) is 0.500. The van der Waals surface area contributed by atoms with E-state index in [1.807, 2.05) is 0 Å². The predicted molar refractivity (Wildman–Crippen MR) is 53.7 cm³/mol. The summed E-state index contributed by atoms with van der Waals surface area (Å²) < 4.78 is 8.55. The summed E-state index contributed by atoms with van der Waals surface area (Å²) in [4.78, 5) is 20.4. The largest absolute Gasteiger partial charge is 0.466 e. The minimum absolute atomic E-state index is 0.347. The molecule has 0 aliphatic rings. The van der Waals surface area contributed by atoms with E-state index in [0.717, 1.165) is 0 Å². The fourth-order valence-corrected chi connectivity index (χ4v) is 0.348. The molecule has 0 spiro atoms. The summed E-state index contributed by atoms with van der Waals surface area (Å²) in [5.41, 5.74) is 0.866. The summed E-state index contributed by atoms with van der Waals surface area (Å²) in [6.45, 7) is 9.91. The Morgan fingerprint density at radius 2 is 1.07 bits per heavy atom. The van der Waals surface area contributed by atoms with Crippen molar-refractivity contribution in [1.29, 1.82) is 0 Å². The second-order valence-electron chi connectivity index (χ2n) is 2.54. The number of hydrogen-bond donors (Lipinski definition) is 0. The van der Waals surface area contributed by atoms with E-state index in [-0.39, 0.29) is 11.9 Å². The van der Waals surface area contributed by atoms with Crippen molar-refractivity contribution in [3.05, 3.63) is 24.3 Å². The van der Waals surface area contributed by atoms with Crippen LogP contribution >= 0.6 is 0 Å². The van der Waals surface area contributed by atoms with E-state index in [1.54, 1.807) is 13.8 Å². The number of carbonyl (C=O) groups is 2. The highest BCUT2D eigenvalue weighted by molar-refractivity contribution is 5.87. The third-order valence-corrected chi connectivity index (χ3v) is 1.07. The van der Waals surface area contributed by atoms with Crippen molar-refractivity contribution in [2.24, 2.45) is 0 Å². The van der Waals surface area contributed by atoms with Crippen LogP contribution in [0.1, 0.15) is 13.8 Å². The van der Waals surface area contributed by atoms with Crippen LogP contribution in [0.4, 0.5) is 0 Å². The molecule has 0 aromatic heterocycles. The summed E-state index contributed by atoms with van der Waals surface area (Å²) >= 11 is 0. The average molecular weight is 200 g/mol. The zero-order valence-electron chi connectivity index (χ0n) is 9.05. The maximum absolute atomic E-state index is 10.2. The van der Waals surface area contributed by atoms with E-state index in [9.17, 15) is 9.59 Å². The summed E-state index contributed by atoms with van der Waals surface area (Å²) in [6.07, 6.45) is 0. The first-order chi connectivity index (χ1) is 6.36. The molecule has 0 unspecified atom stereocenters. The highest BCUT2D eigenvalue weighted by Crippen LogP contribution is 1.87. The first-order valence-corrected chi connectivity index (χ1v) is 3.84. The van der Waals surface area contributed by atoms with E-state index < -0.39 is 0 Å². The fraction of sp³-hybridized carbons (Fsp3) is 0.400. The third-order valence-electron chi connectivity index (χ3n) is 1.07. The smallest absolute Gasteiger partial charge is 0.332 e. The van der Waals surface area contributed by atoms with Crippen LogP contribution in [-0.4, -0.2) is 26.2 Å². The summed E-state index contributed by atoms with van der Waals surface area (Å²) in [5.74, 6) is -0.694. The van der Waals surface area contributed by atoms with Crippen LogP contribution in [0.2, 0.25) is 0 Å². The predicted octanol–water partition coefficient (Wildman–Crippen LogP) is 1.47. The second kappa shape index (κ2) is 8.04. The van der Waals surface area contributed by atoms with Gasteiger partial charge in [-0.05, 0) is 13.8 Å². The minimum atomic E-state index is -0.347. The molecule has 0 N–H and O–H groups in total. The molecule has 0 bridgehead atoms. The number of carbonyl (C=O) groups excluding carboxylic acids is 2. The van der Waals surface area contributed by atoms with Crippen LogP contribution in [0.15, 0.2) is 24.3 Å². The van der Waals surface area contributed by atoms with Crippen molar-refractivity contribution in [2.75, 3.05) is 14.2 Å². The van der Waals surface area contributed by atoms with Crippen LogP contribution < -0.4 is 0 Å². The van der Waals surface area contributed by atoms with Gasteiger partial charge in [-0.3, -0.25) is 0 Å². The van der Waals surface area contributed by atoms with Crippen LogP contribution in [0.3, 0.4) is 0 Å². The molecule has 0 atom stereocenters. The Morgan fingerprint density at radius 1 is 0.857 bits per heavy atom. The first kappa shape index (κ1) is 14.9. The van der Waals surface area contributed by atoms with Gasteiger partial charge in [-0.15, -0.1) is 0 Å². The van der Waals surface area contributed by atoms with E-state index in [4.69, 9.17) is 0 Å². The van der Waals surface area contributed by atoms with Crippen molar-refractivity contribution in [2.45, 2.75) is 13.8 Å². The second-order valence-corrected chi connectivity index (χ2v) is 2.54. The van der Waals surface area contributed by atoms with Gasteiger partial charge in [-0.1, -0.05) is 13.2 Å². The fourth-order valence-electron chi connectivity index (χ4n) is 0.348. The first-order valence-electron chi connectivity index (χ1n) is 3.84. The van der Waals surface area contributed by atoms with E-state index in [0.29, 0.717) is 11.1 Å². The summed E-state index contributed by atoms with van der Waals surface area (Å²) in [6, 6.07) is 0. The Morgan fingerprint density at radius 3 is 1.07 bits per heavy atom.